The molecule has 0 saturated heterocycles. The molecule has 2 aromatic carbocycles. The molecule has 2 aromatic rings. The van der Waals surface area contributed by atoms with Crippen LogP contribution in [0.25, 0.3) is 0 Å². The van der Waals surface area contributed by atoms with Crippen molar-refractivity contribution in [1.29, 1.82) is 0 Å². The van der Waals surface area contributed by atoms with Crippen molar-refractivity contribution in [1.82, 2.24) is 0 Å². The van der Waals surface area contributed by atoms with E-state index in [-0.39, 0.29) is 17.9 Å². The van der Waals surface area contributed by atoms with Gasteiger partial charge in [0.2, 0.25) is 0 Å². The Balaban J connectivity index is 1.94. The van der Waals surface area contributed by atoms with Crippen LogP contribution in [0.2, 0.25) is 0 Å². The lowest BCUT2D eigenvalue weighted by Crippen LogP contribution is -2.18. The number of carbonyl (C=O) groups excluding carboxylic acids is 1. The highest BCUT2D eigenvalue weighted by molar-refractivity contribution is 9.10. The van der Waals surface area contributed by atoms with Crippen molar-refractivity contribution in [3.8, 4) is 5.75 Å². The molecular weight excluding hydrogens is 464 g/mol. The summed E-state index contributed by atoms with van der Waals surface area (Å²) in [6.45, 7) is 6.10. The molecule has 2 rings (SSSR count). The number of nitrogens with two attached hydrogens (primary N) is 1. The summed E-state index contributed by atoms with van der Waals surface area (Å²) < 4.78 is 7.11. The van der Waals surface area contributed by atoms with Crippen molar-refractivity contribution in [3.63, 3.8) is 0 Å². The first-order valence-corrected chi connectivity index (χ1v) is 9.47. The molecule has 0 heterocycles. The van der Waals surface area contributed by atoms with E-state index in [9.17, 15) is 4.79 Å². The lowest BCUT2D eigenvalue weighted by molar-refractivity contribution is -0.146. The number of hydrogen-bond donors (Lipinski definition) is 1. The van der Waals surface area contributed by atoms with Crippen molar-refractivity contribution < 1.29 is 14.4 Å². The molecule has 0 unspecified atom stereocenters. The highest BCUT2D eigenvalue weighted by Crippen LogP contribution is 2.31. The lowest BCUT2D eigenvalue weighted by atomic mass is 9.87. The van der Waals surface area contributed by atoms with Crippen LogP contribution in [-0.2, 0) is 15.0 Å². The van der Waals surface area contributed by atoms with E-state index in [4.69, 9.17) is 15.3 Å². The van der Waals surface area contributed by atoms with E-state index in [1.54, 1.807) is 12.1 Å². The topological polar surface area (TPSA) is 73.9 Å². The Labute approximate surface area is 169 Å². The first-order chi connectivity index (χ1) is 12.2. The first-order valence-electron chi connectivity index (χ1n) is 7.89. The molecule has 0 amide bonds. The molecule has 138 valence electrons. The average Bonchev–Trinajstić information content (AvgIpc) is 2.57. The van der Waals surface area contributed by atoms with Crippen molar-refractivity contribution >= 4 is 43.7 Å². The minimum absolute atomic E-state index is 0.0264. The molecule has 5 nitrogen and oxygen atoms in total. The van der Waals surface area contributed by atoms with Gasteiger partial charge in [0.15, 0.2) is 12.4 Å². The van der Waals surface area contributed by atoms with Crippen LogP contribution >= 0.6 is 31.9 Å². The fourth-order valence-electron chi connectivity index (χ4n) is 2.05. The summed E-state index contributed by atoms with van der Waals surface area (Å²) in [5.41, 5.74) is 7.64. The summed E-state index contributed by atoms with van der Waals surface area (Å²) in [6, 6.07) is 13.0. The van der Waals surface area contributed by atoms with E-state index in [2.05, 4.69) is 57.8 Å². The van der Waals surface area contributed by atoms with Gasteiger partial charge in [-0.05, 0) is 51.2 Å². The summed E-state index contributed by atoms with van der Waals surface area (Å²) >= 11 is 6.80. The molecule has 0 aliphatic rings. The van der Waals surface area contributed by atoms with Crippen LogP contribution in [0, 0.1) is 0 Å². The van der Waals surface area contributed by atoms with Gasteiger partial charge < -0.3 is 15.3 Å². The lowest BCUT2D eigenvalue weighted by Gasteiger charge is -2.20. The van der Waals surface area contributed by atoms with Crippen molar-refractivity contribution in [2.75, 3.05) is 6.61 Å². The van der Waals surface area contributed by atoms with Gasteiger partial charge in [0.25, 0.3) is 0 Å². The largest absolute Gasteiger partial charge is 0.481 e. The van der Waals surface area contributed by atoms with Gasteiger partial charge in [0, 0.05) is 10.0 Å². The predicted molar refractivity (Wildman–Crippen MR) is 109 cm³/mol. The van der Waals surface area contributed by atoms with Crippen LogP contribution in [0.1, 0.15) is 31.9 Å². The molecule has 0 aliphatic carbocycles. The number of benzene rings is 2. The summed E-state index contributed by atoms with van der Waals surface area (Å²) in [5, 5.41) is 3.65. The Morgan fingerprint density at radius 3 is 2.50 bits per heavy atom. The van der Waals surface area contributed by atoms with Crippen molar-refractivity contribution in [2.24, 2.45) is 10.9 Å². The number of rotatable bonds is 5. The number of oxime groups is 1. The Bertz CT molecular complexity index is 830. The van der Waals surface area contributed by atoms with Crippen molar-refractivity contribution in [2.45, 2.75) is 26.2 Å². The van der Waals surface area contributed by atoms with Gasteiger partial charge in [-0.2, -0.15) is 0 Å². The number of nitrogens with zero attached hydrogens (tertiary/aromatic N) is 1. The maximum Gasteiger partial charge on any atom is 0.372 e. The van der Waals surface area contributed by atoms with Crippen LogP contribution in [-0.4, -0.2) is 18.4 Å². The van der Waals surface area contributed by atoms with E-state index < -0.39 is 5.97 Å². The Morgan fingerprint density at radius 2 is 1.88 bits per heavy atom. The van der Waals surface area contributed by atoms with Crippen LogP contribution in [0.5, 0.6) is 5.75 Å². The molecule has 26 heavy (non-hydrogen) atoms. The predicted octanol–water partition coefficient (Wildman–Crippen LogP) is 4.75. The minimum Gasteiger partial charge on any atom is -0.481 e. The third-order valence-corrected chi connectivity index (χ3v) is 4.62. The van der Waals surface area contributed by atoms with Crippen LogP contribution in [0.15, 0.2) is 56.6 Å². The van der Waals surface area contributed by atoms with Gasteiger partial charge in [-0.3, -0.25) is 0 Å². The fourth-order valence-corrected chi connectivity index (χ4v) is 2.94. The number of amidine groups is 1. The highest BCUT2D eigenvalue weighted by Gasteiger charge is 2.16. The molecule has 0 aromatic heterocycles. The third-order valence-electron chi connectivity index (χ3n) is 3.51. The van der Waals surface area contributed by atoms with Crippen LogP contribution in [0.3, 0.4) is 0 Å². The van der Waals surface area contributed by atoms with E-state index in [0.29, 0.717) is 11.3 Å². The zero-order valence-electron chi connectivity index (χ0n) is 14.8. The summed E-state index contributed by atoms with van der Waals surface area (Å²) in [6.07, 6.45) is 0. The van der Waals surface area contributed by atoms with E-state index in [1.807, 2.05) is 30.3 Å². The summed E-state index contributed by atoms with van der Waals surface area (Å²) in [5.74, 6) is 0.0176. The van der Waals surface area contributed by atoms with Crippen LogP contribution < -0.4 is 10.5 Å². The second-order valence-electron chi connectivity index (χ2n) is 6.63. The smallest absolute Gasteiger partial charge is 0.372 e. The normalized spacial score (nSPS) is 12.0. The second kappa shape index (κ2) is 8.68. The average molecular weight is 484 g/mol. The quantitative estimate of drug-likeness (QED) is 0.288. The number of hydrogen-bond acceptors (Lipinski definition) is 4. The van der Waals surface area contributed by atoms with E-state index >= 15 is 0 Å². The minimum atomic E-state index is -0.644. The maximum atomic E-state index is 11.8. The zero-order valence-corrected chi connectivity index (χ0v) is 17.9. The van der Waals surface area contributed by atoms with Gasteiger partial charge in [-0.25, -0.2) is 4.79 Å². The van der Waals surface area contributed by atoms with Gasteiger partial charge in [-0.1, -0.05) is 60.1 Å². The monoisotopic (exact) mass is 482 g/mol. The molecule has 0 bridgehead atoms. The summed E-state index contributed by atoms with van der Waals surface area (Å²) in [4.78, 5) is 16.6. The second-order valence-corrected chi connectivity index (χ2v) is 8.40. The van der Waals surface area contributed by atoms with E-state index in [0.717, 1.165) is 14.5 Å². The van der Waals surface area contributed by atoms with Gasteiger partial charge >= 0.3 is 5.97 Å². The molecule has 0 spiro atoms. The zero-order chi connectivity index (χ0) is 19.3. The number of halogens is 2. The van der Waals surface area contributed by atoms with Crippen molar-refractivity contribution in [3.05, 3.63) is 62.5 Å². The van der Waals surface area contributed by atoms with Gasteiger partial charge in [-0.15, -0.1) is 0 Å². The SMILES string of the molecule is CC(C)(C)c1ccc(OCC(=O)O/N=C(\N)c2cccc(Br)c2)c(Br)c1. The molecule has 2 N–H and O–H groups in total. The fraction of sp³-hybridized carbons (Fsp3) is 0.263. The molecule has 0 fully saturated rings. The molecule has 0 radical (unpaired) electrons. The third kappa shape index (κ3) is 5.85. The summed E-state index contributed by atoms with van der Waals surface area (Å²) in [7, 11) is 0. The van der Waals surface area contributed by atoms with E-state index in [1.165, 1.54) is 0 Å². The number of ether oxygens (including phenoxy) is 1. The standard InChI is InChI=1S/C19H20Br2N2O3/c1-19(2,3)13-7-8-16(15(21)10-13)25-11-17(24)26-23-18(22)12-5-4-6-14(20)9-12/h4-10H,11H2,1-3H3,(H2,22,23). The first kappa shape index (κ1) is 20.5. The maximum absolute atomic E-state index is 11.8. The van der Waals surface area contributed by atoms with Gasteiger partial charge in [0.05, 0.1) is 4.47 Å². The van der Waals surface area contributed by atoms with Gasteiger partial charge in [0.1, 0.15) is 5.75 Å². The molecule has 0 saturated carbocycles. The Morgan fingerprint density at radius 1 is 1.15 bits per heavy atom. The highest BCUT2D eigenvalue weighted by atomic mass is 79.9. The molecule has 0 atom stereocenters. The molecular formula is C19H20Br2N2O3. The Kier molecular flexibility index (Phi) is 6.83. The molecule has 0 aliphatic heterocycles. The molecule has 7 heteroatoms. The number of carbonyl (C=O) groups is 1. The Hall–Kier alpha value is -1.86. The van der Waals surface area contributed by atoms with Crippen LogP contribution in [0.4, 0.5) is 0 Å².